The molecule has 0 radical (unpaired) electrons. The van der Waals surface area contributed by atoms with Gasteiger partial charge in [-0.15, -0.1) is 0 Å². The van der Waals surface area contributed by atoms with E-state index in [-0.39, 0.29) is 37.6 Å². The van der Waals surface area contributed by atoms with E-state index >= 15 is 0 Å². The number of amides is 1. The lowest BCUT2D eigenvalue weighted by Gasteiger charge is -2.43. The first-order valence-electron chi connectivity index (χ1n) is 8.32. The number of carboxylic acids is 1. The molecule has 2 aliphatic rings. The highest BCUT2D eigenvalue weighted by Gasteiger charge is 2.54. The molecule has 0 bridgehead atoms. The van der Waals surface area contributed by atoms with E-state index in [1.807, 2.05) is 0 Å². The van der Waals surface area contributed by atoms with Gasteiger partial charge in [-0.2, -0.15) is 0 Å². The van der Waals surface area contributed by atoms with Crippen LogP contribution in [-0.4, -0.2) is 48.7 Å². The number of carbonyl (C=O) groups excluding carboxylic acids is 1. The van der Waals surface area contributed by atoms with Crippen LogP contribution in [0.15, 0.2) is 18.2 Å². The number of benzene rings is 1. The van der Waals surface area contributed by atoms with Crippen molar-refractivity contribution in [1.82, 2.24) is 4.90 Å². The second kappa shape index (κ2) is 6.37. The van der Waals surface area contributed by atoms with Crippen LogP contribution in [0.5, 0.6) is 0 Å². The Labute approximate surface area is 144 Å². The van der Waals surface area contributed by atoms with Crippen LogP contribution in [0.4, 0.5) is 8.78 Å². The number of methoxy groups -OCH3 is 1. The summed E-state index contributed by atoms with van der Waals surface area (Å²) in [7, 11) is 1.41. The zero-order chi connectivity index (χ0) is 18.2. The second-order valence-corrected chi connectivity index (χ2v) is 7.03. The Bertz CT molecular complexity index is 684. The summed E-state index contributed by atoms with van der Waals surface area (Å²) in [6.45, 7) is 0.228. The van der Waals surface area contributed by atoms with Gasteiger partial charge in [0.25, 0.3) is 0 Å². The molecular formula is C18H21F2NO4. The molecule has 25 heavy (non-hydrogen) atoms. The third-order valence-electron chi connectivity index (χ3n) is 5.57. The van der Waals surface area contributed by atoms with E-state index in [1.165, 1.54) is 18.1 Å². The van der Waals surface area contributed by atoms with Crippen molar-refractivity contribution < 1.29 is 28.2 Å². The Balaban J connectivity index is 1.91. The minimum atomic E-state index is -1.23. The van der Waals surface area contributed by atoms with Gasteiger partial charge in [-0.05, 0) is 31.4 Å². The number of carboxylic acid groups (broad SMARTS) is 1. The van der Waals surface area contributed by atoms with Gasteiger partial charge in [0.05, 0.1) is 12.0 Å². The highest BCUT2D eigenvalue weighted by molar-refractivity contribution is 5.90. The number of nitrogens with zero attached hydrogens (tertiary/aromatic N) is 1. The molecule has 1 aliphatic carbocycles. The van der Waals surface area contributed by atoms with Gasteiger partial charge in [-0.1, -0.05) is 12.5 Å². The third-order valence-corrected chi connectivity index (χ3v) is 5.57. The summed E-state index contributed by atoms with van der Waals surface area (Å²) in [4.78, 5) is 26.2. The van der Waals surface area contributed by atoms with Crippen molar-refractivity contribution in [2.75, 3.05) is 26.8 Å². The molecular weight excluding hydrogens is 332 g/mol. The van der Waals surface area contributed by atoms with Crippen LogP contribution >= 0.6 is 0 Å². The number of aliphatic carboxylic acids is 1. The molecule has 1 aliphatic heterocycles. The molecule has 1 aromatic carbocycles. The van der Waals surface area contributed by atoms with E-state index in [0.717, 1.165) is 12.1 Å². The van der Waals surface area contributed by atoms with Gasteiger partial charge >= 0.3 is 5.97 Å². The van der Waals surface area contributed by atoms with Gasteiger partial charge in [0.2, 0.25) is 5.91 Å². The van der Waals surface area contributed by atoms with E-state index in [2.05, 4.69) is 0 Å². The van der Waals surface area contributed by atoms with Crippen LogP contribution in [0.25, 0.3) is 0 Å². The summed E-state index contributed by atoms with van der Waals surface area (Å²) in [6.07, 6.45) is 1.70. The zero-order valence-corrected chi connectivity index (χ0v) is 14.1. The predicted molar refractivity (Wildman–Crippen MR) is 85.0 cm³/mol. The number of likely N-dealkylation sites (tertiary alicyclic amines) is 1. The van der Waals surface area contributed by atoms with Crippen molar-refractivity contribution in [1.29, 1.82) is 0 Å². The lowest BCUT2D eigenvalue weighted by molar-refractivity contribution is -0.152. The average Bonchev–Trinajstić information content (AvgIpc) is 2.95. The Kier molecular flexibility index (Phi) is 4.53. The highest BCUT2D eigenvalue weighted by Crippen LogP contribution is 2.48. The molecule has 1 heterocycles. The van der Waals surface area contributed by atoms with E-state index in [0.29, 0.717) is 19.3 Å². The Morgan fingerprint density at radius 2 is 1.88 bits per heavy atom. The van der Waals surface area contributed by atoms with Gasteiger partial charge < -0.3 is 14.7 Å². The fraction of sp³-hybridized carbons (Fsp3) is 0.556. The Morgan fingerprint density at radius 3 is 2.36 bits per heavy atom. The van der Waals surface area contributed by atoms with Crippen LogP contribution in [0.3, 0.4) is 0 Å². The molecule has 136 valence electrons. The topological polar surface area (TPSA) is 66.8 Å². The van der Waals surface area contributed by atoms with E-state index in [9.17, 15) is 23.5 Å². The maximum atomic E-state index is 14.3. The fourth-order valence-corrected chi connectivity index (χ4v) is 4.03. The van der Waals surface area contributed by atoms with Crippen molar-refractivity contribution in [2.24, 2.45) is 5.41 Å². The first-order chi connectivity index (χ1) is 11.9. The first kappa shape index (κ1) is 17.8. The van der Waals surface area contributed by atoms with Crippen LogP contribution in [0, 0.1) is 17.0 Å². The van der Waals surface area contributed by atoms with Gasteiger partial charge in [0.15, 0.2) is 0 Å². The molecule has 1 saturated heterocycles. The van der Waals surface area contributed by atoms with Crippen LogP contribution in [-0.2, 0) is 19.7 Å². The SMILES string of the molecule is COCC1(C(=O)O)CCN(C(=O)C2(c3c(F)cccc3F)CCC2)C1. The number of rotatable bonds is 5. The first-order valence-corrected chi connectivity index (χ1v) is 8.32. The molecule has 5 nitrogen and oxygen atoms in total. The standard InChI is InChI=1S/C18H21F2NO4/c1-25-11-17(16(23)24)8-9-21(10-17)15(22)18(6-3-7-18)14-12(19)4-2-5-13(14)20/h2,4-5H,3,6-11H2,1H3,(H,23,24). The van der Waals surface area contributed by atoms with Crippen LogP contribution < -0.4 is 0 Å². The van der Waals surface area contributed by atoms with Crippen molar-refractivity contribution in [3.8, 4) is 0 Å². The van der Waals surface area contributed by atoms with Crippen LogP contribution in [0.1, 0.15) is 31.2 Å². The molecule has 0 spiro atoms. The van der Waals surface area contributed by atoms with Crippen molar-refractivity contribution in [3.05, 3.63) is 35.4 Å². The molecule has 2 fully saturated rings. The van der Waals surface area contributed by atoms with Gasteiger partial charge in [0.1, 0.15) is 17.0 Å². The van der Waals surface area contributed by atoms with Crippen molar-refractivity contribution >= 4 is 11.9 Å². The summed E-state index contributed by atoms with van der Waals surface area (Å²) >= 11 is 0. The van der Waals surface area contributed by atoms with Gasteiger partial charge in [-0.3, -0.25) is 9.59 Å². The third kappa shape index (κ3) is 2.70. The molecule has 0 aromatic heterocycles. The molecule has 1 saturated carbocycles. The molecule has 3 rings (SSSR count). The molecule has 1 amide bonds. The number of hydrogen-bond donors (Lipinski definition) is 1. The summed E-state index contributed by atoms with van der Waals surface area (Å²) < 4.78 is 33.6. The Hall–Kier alpha value is -2.02. The minimum absolute atomic E-state index is 0.00677. The van der Waals surface area contributed by atoms with Gasteiger partial charge in [0, 0.05) is 25.8 Å². The summed E-state index contributed by atoms with van der Waals surface area (Å²) in [5, 5.41) is 9.54. The molecule has 1 N–H and O–H groups in total. The largest absolute Gasteiger partial charge is 0.481 e. The molecule has 1 unspecified atom stereocenters. The highest BCUT2D eigenvalue weighted by atomic mass is 19.1. The lowest BCUT2D eigenvalue weighted by atomic mass is 9.63. The Morgan fingerprint density at radius 1 is 1.24 bits per heavy atom. The van der Waals surface area contributed by atoms with E-state index < -0.39 is 28.4 Å². The summed E-state index contributed by atoms with van der Waals surface area (Å²) in [5.41, 5.74) is -2.58. The predicted octanol–water partition coefficient (Wildman–Crippen LogP) is 2.34. The number of halogens is 2. The number of hydrogen-bond acceptors (Lipinski definition) is 3. The maximum Gasteiger partial charge on any atom is 0.313 e. The molecule has 1 aromatic rings. The second-order valence-electron chi connectivity index (χ2n) is 7.03. The van der Waals surface area contributed by atoms with Crippen LogP contribution in [0.2, 0.25) is 0 Å². The smallest absolute Gasteiger partial charge is 0.313 e. The maximum absolute atomic E-state index is 14.3. The average molecular weight is 353 g/mol. The quantitative estimate of drug-likeness (QED) is 0.882. The van der Waals surface area contributed by atoms with E-state index in [4.69, 9.17) is 4.74 Å². The fourth-order valence-electron chi connectivity index (χ4n) is 4.03. The van der Waals surface area contributed by atoms with Crippen molar-refractivity contribution in [2.45, 2.75) is 31.1 Å². The minimum Gasteiger partial charge on any atom is -0.481 e. The summed E-state index contributed by atoms with van der Waals surface area (Å²) in [5.74, 6) is -2.87. The molecule has 1 atom stereocenters. The van der Waals surface area contributed by atoms with Crippen molar-refractivity contribution in [3.63, 3.8) is 0 Å². The number of carbonyl (C=O) groups is 2. The molecule has 7 heteroatoms. The number of ether oxygens (including phenoxy) is 1. The lowest BCUT2D eigenvalue weighted by Crippen LogP contribution is -2.52. The van der Waals surface area contributed by atoms with E-state index in [1.54, 1.807) is 0 Å². The van der Waals surface area contributed by atoms with Gasteiger partial charge in [-0.25, -0.2) is 8.78 Å². The normalized spacial score (nSPS) is 24.8. The zero-order valence-electron chi connectivity index (χ0n) is 14.1. The monoisotopic (exact) mass is 353 g/mol. The summed E-state index contributed by atoms with van der Waals surface area (Å²) in [6, 6.07) is 3.58.